The van der Waals surface area contributed by atoms with Crippen molar-refractivity contribution in [2.45, 2.75) is 58.2 Å². The first-order chi connectivity index (χ1) is 10.7. The lowest BCUT2D eigenvalue weighted by Gasteiger charge is -2.22. The van der Waals surface area contributed by atoms with Gasteiger partial charge in [0.05, 0.1) is 12.2 Å². The molecule has 1 aliphatic heterocycles. The fourth-order valence-electron chi connectivity index (χ4n) is 2.00. The predicted octanol–water partition coefficient (Wildman–Crippen LogP) is 0.702. The first kappa shape index (κ1) is 18.7. The standard InChI is InChI=1S/C14H19NO8/c1-7(2)20-14(18)19-6-11-13(22-9(4)17)12(21-8(3)16)10(5-15)23-11/h7,10-13H,6H2,1-4H3. The summed E-state index contributed by atoms with van der Waals surface area (Å²) in [7, 11) is 0. The molecule has 0 N–H and O–H groups in total. The molecule has 0 radical (unpaired) electrons. The molecule has 23 heavy (non-hydrogen) atoms. The molecule has 0 bridgehead atoms. The average Bonchev–Trinajstić information content (AvgIpc) is 2.72. The SMILES string of the molecule is CC(=O)OC1C(C#N)OC(COC(=O)OC(C)C)C1OC(C)=O. The van der Waals surface area contributed by atoms with E-state index in [0.29, 0.717) is 0 Å². The third-order valence-electron chi connectivity index (χ3n) is 2.74. The number of nitriles is 1. The molecule has 4 atom stereocenters. The minimum absolute atomic E-state index is 0.320. The van der Waals surface area contributed by atoms with E-state index in [-0.39, 0.29) is 12.7 Å². The van der Waals surface area contributed by atoms with Gasteiger partial charge in [0.15, 0.2) is 18.3 Å². The summed E-state index contributed by atoms with van der Waals surface area (Å²) in [4.78, 5) is 33.8. The Bertz CT molecular complexity index is 497. The van der Waals surface area contributed by atoms with Crippen LogP contribution in [0.25, 0.3) is 0 Å². The molecule has 1 fully saturated rings. The van der Waals surface area contributed by atoms with Gasteiger partial charge in [0.1, 0.15) is 12.7 Å². The van der Waals surface area contributed by atoms with Crippen LogP contribution >= 0.6 is 0 Å². The highest BCUT2D eigenvalue weighted by Gasteiger charge is 2.50. The van der Waals surface area contributed by atoms with Gasteiger partial charge in [-0.15, -0.1) is 0 Å². The van der Waals surface area contributed by atoms with Gasteiger partial charge < -0.3 is 23.7 Å². The Kier molecular flexibility index (Phi) is 6.78. The van der Waals surface area contributed by atoms with E-state index >= 15 is 0 Å². The zero-order valence-corrected chi connectivity index (χ0v) is 13.3. The molecule has 0 spiro atoms. The van der Waals surface area contributed by atoms with Crippen LogP contribution in [0.5, 0.6) is 0 Å². The van der Waals surface area contributed by atoms with Crippen molar-refractivity contribution in [1.82, 2.24) is 0 Å². The van der Waals surface area contributed by atoms with Gasteiger partial charge in [-0.1, -0.05) is 0 Å². The van der Waals surface area contributed by atoms with E-state index in [4.69, 9.17) is 28.9 Å². The minimum atomic E-state index is -1.14. The molecule has 4 unspecified atom stereocenters. The summed E-state index contributed by atoms with van der Waals surface area (Å²) >= 11 is 0. The fraction of sp³-hybridized carbons (Fsp3) is 0.714. The maximum absolute atomic E-state index is 11.4. The van der Waals surface area contributed by atoms with E-state index < -0.39 is 42.5 Å². The van der Waals surface area contributed by atoms with Crippen molar-refractivity contribution in [3.63, 3.8) is 0 Å². The minimum Gasteiger partial charge on any atom is -0.456 e. The van der Waals surface area contributed by atoms with Gasteiger partial charge in [-0.25, -0.2) is 4.79 Å². The molecular weight excluding hydrogens is 310 g/mol. The van der Waals surface area contributed by atoms with Crippen molar-refractivity contribution in [2.75, 3.05) is 6.61 Å². The second-order valence-corrected chi connectivity index (χ2v) is 5.10. The first-order valence-corrected chi connectivity index (χ1v) is 6.97. The van der Waals surface area contributed by atoms with Crippen LogP contribution in [0.3, 0.4) is 0 Å². The molecule has 9 heteroatoms. The van der Waals surface area contributed by atoms with E-state index in [0.717, 1.165) is 13.8 Å². The Morgan fingerprint density at radius 2 is 1.70 bits per heavy atom. The monoisotopic (exact) mass is 329 g/mol. The van der Waals surface area contributed by atoms with Crippen LogP contribution in [0.1, 0.15) is 27.7 Å². The van der Waals surface area contributed by atoms with E-state index in [9.17, 15) is 14.4 Å². The Labute approximate surface area is 133 Å². The number of ether oxygens (including phenoxy) is 5. The van der Waals surface area contributed by atoms with E-state index in [1.165, 1.54) is 0 Å². The number of hydrogen-bond acceptors (Lipinski definition) is 9. The molecule has 128 valence electrons. The second kappa shape index (κ2) is 8.33. The van der Waals surface area contributed by atoms with E-state index in [1.54, 1.807) is 13.8 Å². The lowest BCUT2D eigenvalue weighted by atomic mass is 10.1. The lowest BCUT2D eigenvalue weighted by molar-refractivity contribution is -0.164. The third-order valence-corrected chi connectivity index (χ3v) is 2.74. The Morgan fingerprint density at radius 1 is 1.13 bits per heavy atom. The average molecular weight is 329 g/mol. The van der Waals surface area contributed by atoms with Crippen LogP contribution in [0.4, 0.5) is 4.79 Å². The number of nitrogens with zero attached hydrogens (tertiary/aromatic N) is 1. The number of esters is 2. The van der Waals surface area contributed by atoms with Crippen molar-refractivity contribution in [1.29, 1.82) is 5.26 Å². The van der Waals surface area contributed by atoms with Gasteiger partial charge in [-0.2, -0.15) is 5.26 Å². The van der Waals surface area contributed by atoms with Gasteiger partial charge >= 0.3 is 18.1 Å². The molecule has 1 heterocycles. The summed E-state index contributed by atoms with van der Waals surface area (Å²) in [6.45, 7) is 5.30. The van der Waals surface area contributed by atoms with Crippen LogP contribution in [0.2, 0.25) is 0 Å². The second-order valence-electron chi connectivity index (χ2n) is 5.10. The molecule has 0 amide bonds. The van der Waals surface area contributed by atoms with Crippen LogP contribution in [-0.2, 0) is 33.3 Å². The van der Waals surface area contributed by atoms with Crippen molar-refractivity contribution in [3.8, 4) is 6.07 Å². The van der Waals surface area contributed by atoms with Gasteiger partial charge in [0, 0.05) is 13.8 Å². The number of carbonyl (C=O) groups excluding carboxylic acids is 3. The van der Waals surface area contributed by atoms with Crippen LogP contribution in [0, 0.1) is 11.3 Å². The largest absolute Gasteiger partial charge is 0.508 e. The molecule has 0 saturated carbocycles. The molecule has 1 rings (SSSR count). The maximum Gasteiger partial charge on any atom is 0.508 e. The lowest BCUT2D eigenvalue weighted by Crippen LogP contribution is -2.41. The van der Waals surface area contributed by atoms with Crippen LogP contribution in [-0.4, -0.2) is 55.2 Å². The number of carbonyl (C=O) groups is 3. The Balaban J connectivity index is 2.79. The van der Waals surface area contributed by atoms with Crippen molar-refractivity contribution in [3.05, 3.63) is 0 Å². The summed E-state index contributed by atoms with van der Waals surface area (Å²) in [5.41, 5.74) is 0. The summed E-state index contributed by atoms with van der Waals surface area (Å²) in [5, 5.41) is 9.08. The topological polar surface area (TPSA) is 121 Å². The zero-order valence-electron chi connectivity index (χ0n) is 13.3. The zero-order chi connectivity index (χ0) is 17.6. The Morgan fingerprint density at radius 3 is 2.17 bits per heavy atom. The maximum atomic E-state index is 11.4. The fourth-order valence-corrected chi connectivity index (χ4v) is 2.00. The molecule has 0 aromatic heterocycles. The summed E-state index contributed by atoms with van der Waals surface area (Å²) in [5.74, 6) is -1.30. The summed E-state index contributed by atoms with van der Waals surface area (Å²) in [6.07, 6.45) is -5.54. The highest BCUT2D eigenvalue weighted by Crippen LogP contribution is 2.27. The summed E-state index contributed by atoms with van der Waals surface area (Å²) < 4.78 is 25.1. The molecule has 0 aliphatic carbocycles. The van der Waals surface area contributed by atoms with Crippen LogP contribution < -0.4 is 0 Å². The molecule has 1 aliphatic rings. The van der Waals surface area contributed by atoms with Crippen molar-refractivity contribution >= 4 is 18.1 Å². The van der Waals surface area contributed by atoms with Gasteiger partial charge in [-0.3, -0.25) is 9.59 Å². The van der Waals surface area contributed by atoms with Gasteiger partial charge in [0.2, 0.25) is 0 Å². The predicted molar refractivity (Wildman–Crippen MR) is 73.0 cm³/mol. The quantitative estimate of drug-likeness (QED) is 0.530. The highest BCUT2D eigenvalue weighted by atomic mass is 16.7. The molecule has 0 aromatic carbocycles. The Hall–Kier alpha value is -2.34. The third kappa shape index (κ3) is 5.75. The molecule has 0 aromatic rings. The summed E-state index contributed by atoms with van der Waals surface area (Å²) in [6, 6.07) is 1.81. The van der Waals surface area contributed by atoms with Crippen molar-refractivity contribution < 1.29 is 38.1 Å². The van der Waals surface area contributed by atoms with Gasteiger partial charge in [-0.05, 0) is 13.8 Å². The molecule has 1 saturated heterocycles. The van der Waals surface area contributed by atoms with Gasteiger partial charge in [0.25, 0.3) is 0 Å². The number of rotatable bonds is 5. The highest BCUT2D eigenvalue weighted by molar-refractivity contribution is 5.67. The first-order valence-electron chi connectivity index (χ1n) is 6.97. The smallest absolute Gasteiger partial charge is 0.456 e. The van der Waals surface area contributed by atoms with Crippen molar-refractivity contribution in [2.24, 2.45) is 0 Å². The van der Waals surface area contributed by atoms with E-state index in [1.807, 2.05) is 6.07 Å². The van der Waals surface area contributed by atoms with E-state index in [2.05, 4.69) is 0 Å². The normalized spacial score (nSPS) is 26.3. The molecule has 9 nitrogen and oxygen atoms in total. The number of hydrogen-bond donors (Lipinski definition) is 0. The molecular formula is C14H19NO8. The van der Waals surface area contributed by atoms with Crippen LogP contribution in [0.15, 0.2) is 0 Å².